The third-order valence-corrected chi connectivity index (χ3v) is 3.33. The number of imide groups is 1. The maximum atomic E-state index is 11.7. The minimum atomic E-state index is -0.769. The van der Waals surface area contributed by atoms with Crippen molar-refractivity contribution in [1.29, 1.82) is 0 Å². The molecule has 2 rings (SSSR count). The number of hydrogen-bond acceptors (Lipinski definition) is 3. The summed E-state index contributed by atoms with van der Waals surface area (Å²) in [4.78, 5) is 25.0. The van der Waals surface area contributed by atoms with Crippen molar-refractivity contribution >= 4 is 11.9 Å². The number of aromatic nitrogens is 2. The van der Waals surface area contributed by atoms with Crippen LogP contribution < -0.4 is 5.32 Å². The lowest BCUT2D eigenvalue weighted by molar-refractivity contribution is -0.126. The SMILES string of the molecule is CCC1(C)C(=O)NC(=O)N1Cc1ccn(C)n1. The Morgan fingerprint density at radius 1 is 1.47 bits per heavy atom. The summed E-state index contributed by atoms with van der Waals surface area (Å²) in [5, 5.41) is 6.57. The number of carbonyl (C=O) groups is 2. The van der Waals surface area contributed by atoms with E-state index < -0.39 is 5.54 Å². The van der Waals surface area contributed by atoms with Crippen molar-refractivity contribution in [3.05, 3.63) is 18.0 Å². The lowest BCUT2D eigenvalue weighted by atomic mass is 9.97. The van der Waals surface area contributed by atoms with Crippen molar-refractivity contribution in [2.75, 3.05) is 0 Å². The summed E-state index contributed by atoms with van der Waals surface area (Å²) in [6, 6.07) is 1.50. The molecule has 1 N–H and O–H groups in total. The van der Waals surface area contributed by atoms with Gasteiger partial charge in [0.1, 0.15) is 5.54 Å². The molecule has 17 heavy (non-hydrogen) atoms. The molecule has 1 aromatic rings. The van der Waals surface area contributed by atoms with Crippen molar-refractivity contribution < 1.29 is 9.59 Å². The van der Waals surface area contributed by atoms with Crippen molar-refractivity contribution in [2.24, 2.45) is 7.05 Å². The number of aryl methyl sites for hydroxylation is 1. The molecule has 0 bridgehead atoms. The fraction of sp³-hybridized carbons (Fsp3) is 0.545. The molecule has 1 aliphatic rings. The van der Waals surface area contributed by atoms with E-state index in [-0.39, 0.29) is 11.9 Å². The zero-order valence-corrected chi connectivity index (χ0v) is 10.2. The van der Waals surface area contributed by atoms with Gasteiger partial charge in [-0.05, 0) is 19.4 Å². The largest absolute Gasteiger partial charge is 0.325 e. The highest BCUT2D eigenvalue weighted by atomic mass is 16.2. The molecule has 1 fully saturated rings. The maximum Gasteiger partial charge on any atom is 0.325 e. The summed E-state index contributed by atoms with van der Waals surface area (Å²) in [6.07, 6.45) is 2.39. The molecule has 1 aliphatic heterocycles. The van der Waals surface area contributed by atoms with Crippen LogP contribution in [0.3, 0.4) is 0 Å². The standard InChI is InChI=1S/C11H16N4O2/c1-4-11(2)9(16)12-10(17)15(11)7-8-5-6-14(3)13-8/h5-6H,4,7H2,1-3H3,(H,12,16,17). The molecule has 3 amide bonds. The van der Waals surface area contributed by atoms with E-state index in [0.717, 1.165) is 5.69 Å². The van der Waals surface area contributed by atoms with Crippen molar-refractivity contribution in [2.45, 2.75) is 32.4 Å². The van der Waals surface area contributed by atoms with Gasteiger partial charge in [-0.2, -0.15) is 5.10 Å². The summed E-state index contributed by atoms with van der Waals surface area (Å²) in [7, 11) is 1.82. The Balaban J connectivity index is 2.24. The van der Waals surface area contributed by atoms with Crippen LogP contribution in [0.4, 0.5) is 4.79 Å². The Morgan fingerprint density at radius 3 is 2.71 bits per heavy atom. The molecule has 2 heterocycles. The molecule has 1 unspecified atom stereocenters. The van der Waals surface area contributed by atoms with Crippen LogP contribution in [-0.4, -0.2) is 32.2 Å². The second-order valence-corrected chi connectivity index (χ2v) is 4.45. The topological polar surface area (TPSA) is 67.2 Å². The van der Waals surface area contributed by atoms with Crippen LogP contribution in [-0.2, 0) is 18.4 Å². The zero-order valence-electron chi connectivity index (χ0n) is 10.2. The number of nitrogens with one attached hydrogen (secondary N) is 1. The van der Waals surface area contributed by atoms with Gasteiger partial charge >= 0.3 is 6.03 Å². The summed E-state index contributed by atoms with van der Waals surface area (Å²) < 4.78 is 1.68. The predicted molar refractivity (Wildman–Crippen MR) is 61.0 cm³/mol. The van der Waals surface area contributed by atoms with Gasteiger partial charge in [0.05, 0.1) is 12.2 Å². The van der Waals surface area contributed by atoms with Gasteiger partial charge in [0.2, 0.25) is 0 Å². The molecule has 92 valence electrons. The Bertz CT molecular complexity index is 468. The Hall–Kier alpha value is -1.85. The molecule has 1 saturated heterocycles. The van der Waals surface area contributed by atoms with Gasteiger partial charge in [0.15, 0.2) is 0 Å². The molecule has 6 nitrogen and oxygen atoms in total. The maximum absolute atomic E-state index is 11.7. The van der Waals surface area contributed by atoms with E-state index in [2.05, 4.69) is 10.4 Å². The molecule has 6 heteroatoms. The van der Waals surface area contributed by atoms with E-state index in [4.69, 9.17) is 0 Å². The minimum Gasteiger partial charge on any atom is -0.304 e. The molecule has 0 radical (unpaired) electrons. The van der Waals surface area contributed by atoms with Crippen molar-refractivity contribution in [3.63, 3.8) is 0 Å². The predicted octanol–water partition coefficient (Wildman–Crippen LogP) is 0.641. The Morgan fingerprint density at radius 2 is 2.18 bits per heavy atom. The highest BCUT2D eigenvalue weighted by Gasteiger charge is 2.47. The van der Waals surface area contributed by atoms with Gasteiger partial charge in [0.25, 0.3) is 5.91 Å². The molecule has 0 saturated carbocycles. The first-order chi connectivity index (χ1) is 7.97. The summed E-state index contributed by atoms with van der Waals surface area (Å²) in [5.74, 6) is -0.235. The number of hydrogen-bond donors (Lipinski definition) is 1. The average molecular weight is 236 g/mol. The van der Waals surface area contributed by atoms with Gasteiger partial charge in [0, 0.05) is 13.2 Å². The third-order valence-electron chi connectivity index (χ3n) is 3.33. The fourth-order valence-corrected chi connectivity index (χ4v) is 1.95. The van der Waals surface area contributed by atoms with E-state index >= 15 is 0 Å². The van der Waals surface area contributed by atoms with Gasteiger partial charge in [-0.25, -0.2) is 4.79 Å². The van der Waals surface area contributed by atoms with E-state index in [1.54, 1.807) is 11.6 Å². The second kappa shape index (κ2) is 3.87. The lowest BCUT2D eigenvalue weighted by Crippen LogP contribution is -2.46. The van der Waals surface area contributed by atoms with E-state index in [9.17, 15) is 9.59 Å². The Labute approximate surface area is 99.6 Å². The molecule has 1 aromatic heterocycles. The number of rotatable bonds is 3. The summed E-state index contributed by atoms with van der Waals surface area (Å²) in [5.41, 5.74) is 0.00578. The molecule has 0 aromatic carbocycles. The van der Waals surface area contributed by atoms with Crippen LogP contribution in [0, 0.1) is 0 Å². The van der Waals surface area contributed by atoms with Crippen LogP contribution in [0.5, 0.6) is 0 Å². The number of carbonyl (C=O) groups excluding carboxylic acids is 2. The Kier molecular flexibility index (Phi) is 2.65. The number of amides is 3. The second-order valence-electron chi connectivity index (χ2n) is 4.45. The van der Waals surface area contributed by atoms with E-state index in [1.807, 2.05) is 26.2 Å². The summed E-state index contributed by atoms with van der Waals surface area (Å²) in [6.45, 7) is 4.02. The van der Waals surface area contributed by atoms with Gasteiger partial charge in [-0.1, -0.05) is 6.92 Å². The smallest absolute Gasteiger partial charge is 0.304 e. The van der Waals surface area contributed by atoms with Crippen LogP contribution in [0.1, 0.15) is 26.0 Å². The quantitative estimate of drug-likeness (QED) is 0.783. The normalized spacial score (nSPS) is 24.3. The molecule has 1 atom stereocenters. The highest BCUT2D eigenvalue weighted by molar-refractivity contribution is 6.06. The molecular formula is C11H16N4O2. The first-order valence-electron chi connectivity index (χ1n) is 5.59. The zero-order chi connectivity index (χ0) is 12.6. The fourth-order valence-electron chi connectivity index (χ4n) is 1.95. The monoisotopic (exact) mass is 236 g/mol. The van der Waals surface area contributed by atoms with E-state index in [0.29, 0.717) is 13.0 Å². The number of urea groups is 1. The van der Waals surface area contributed by atoms with Crippen LogP contribution in [0.25, 0.3) is 0 Å². The van der Waals surface area contributed by atoms with Crippen LogP contribution in [0.15, 0.2) is 12.3 Å². The molecular weight excluding hydrogens is 220 g/mol. The minimum absolute atomic E-state index is 0.235. The van der Waals surface area contributed by atoms with Crippen molar-refractivity contribution in [1.82, 2.24) is 20.0 Å². The van der Waals surface area contributed by atoms with Crippen LogP contribution >= 0.6 is 0 Å². The van der Waals surface area contributed by atoms with E-state index in [1.165, 1.54) is 4.90 Å². The highest BCUT2D eigenvalue weighted by Crippen LogP contribution is 2.26. The summed E-state index contributed by atoms with van der Waals surface area (Å²) >= 11 is 0. The van der Waals surface area contributed by atoms with Crippen LogP contribution in [0.2, 0.25) is 0 Å². The lowest BCUT2D eigenvalue weighted by Gasteiger charge is -2.29. The number of nitrogens with zero attached hydrogens (tertiary/aromatic N) is 3. The van der Waals surface area contributed by atoms with Gasteiger partial charge in [-0.3, -0.25) is 14.8 Å². The van der Waals surface area contributed by atoms with Gasteiger partial charge < -0.3 is 4.90 Å². The first kappa shape index (κ1) is 11.6. The van der Waals surface area contributed by atoms with Crippen molar-refractivity contribution in [3.8, 4) is 0 Å². The first-order valence-corrected chi connectivity index (χ1v) is 5.59. The third kappa shape index (κ3) is 1.79. The molecule has 0 aliphatic carbocycles. The van der Waals surface area contributed by atoms with Gasteiger partial charge in [-0.15, -0.1) is 0 Å². The molecule has 0 spiro atoms. The average Bonchev–Trinajstić information content (AvgIpc) is 2.77.